The molecule has 0 unspecified atom stereocenters. The first kappa shape index (κ1) is 7.66. The van der Waals surface area contributed by atoms with E-state index in [4.69, 9.17) is 9.84 Å². The van der Waals surface area contributed by atoms with Crippen molar-refractivity contribution in [1.82, 2.24) is 0 Å². The molecule has 1 aromatic carbocycles. The lowest BCUT2D eigenvalue weighted by atomic mass is 10.2. The van der Waals surface area contributed by atoms with Gasteiger partial charge in [0.1, 0.15) is 11.5 Å². The lowest BCUT2D eigenvalue weighted by Crippen LogP contribution is -1.83. The number of hydrogen-bond acceptors (Lipinski definition) is 2. The van der Waals surface area contributed by atoms with Crippen LogP contribution in [-0.4, -0.2) is 12.2 Å². The van der Waals surface area contributed by atoms with E-state index in [1.807, 2.05) is 0 Å². The highest BCUT2D eigenvalue weighted by atomic mass is 16.5. The number of rotatable bonds is 2. The van der Waals surface area contributed by atoms with Gasteiger partial charge in [0.2, 0.25) is 0 Å². The zero-order chi connectivity index (χ0) is 8.27. The summed E-state index contributed by atoms with van der Waals surface area (Å²) in [5.41, 5.74) is 0.714. The number of benzene rings is 1. The largest absolute Gasteiger partial charge is 0.508 e. The van der Waals surface area contributed by atoms with Gasteiger partial charge in [-0.3, -0.25) is 0 Å². The van der Waals surface area contributed by atoms with Gasteiger partial charge in [0, 0.05) is 5.56 Å². The Labute approximate surface area is 65.7 Å². The zero-order valence-corrected chi connectivity index (χ0v) is 6.37. The lowest BCUT2D eigenvalue weighted by Gasteiger charge is -2.00. The number of aliphatic hydroxyl groups is 1. The molecule has 0 radical (unpaired) electrons. The Kier molecular flexibility index (Phi) is 2.16. The molecular formula is C9H10O2. The molecular weight excluding hydrogens is 140 g/mol. The van der Waals surface area contributed by atoms with Crippen LogP contribution in [0.5, 0.6) is 5.75 Å². The van der Waals surface area contributed by atoms with Crippen LogP contribution in [0.1, 0.15) is 5.56 Å². The highest BCUT2D eigenvalue weighted by Crippen LogP contribution is 2.14. The Balaban J connectivity index is 2.91. The summed E-state index contributed by atoms with van der Waals surface area (Å²) in [5, 5.41) is 8.95. The fourth-order valence-corrected chi connectivity index (χ4v) is 0.783. The van der Waals surface area contributed by atoms with Gasteiger partial charge in [-0.2, -0.15) is 0 Å². The fourth-order valence-electron chi connectivity index (χ4n) is 0.783. The van der Waals surface area contributed by atoms with Gasteiger partial charge in [-0.05, 0) is 24.3 Å². The summed E-state index contributed by atoms with van der Waals surface area (Å²) < 4.78 is 4.94. The maximum Gasteiger partial charge on any atom is 0.118 e. The maximum atomic E-state index is 8.95. The van der Waals surface area contributed by atoms with Crippen LogP contribution in [0.25, 0.3) is 5.76 Å². The van der Waals surface area contributed by atoms with E-state index in [1.54, 1.807) is 31.4 Å². The standard InChI is InChI=1S/C9H10O2/c1-7(10)8-3-5-9(11-2)6-4-8/h3-6,10H,1H2,2H3. The molecule has 0 atom stereocenters. The van der Waals surface area contributed by atoms with Gasteiger partial charge in [-0.25, -0.2) is 0 Å². The predicted octanol–water partition coefficient (Wildman–Crippen LogP) is 2.22. The lowest BCUT2D eigenvalue weighted by molar-refractivity contribution is 0.414. The van der Waals surface area contributed by atoms with Gasteiger partial charge in [0.15, 0.2) is 0 Å². The summed E-state index contributed by atoms with van der Waals surface area (Å²) in [6.45, 7) is 3.40. The van der Waals surface area contributed by atoms with E-state index in [2.05, 4.69) is 6.58 Å². The van der Waals surface area contributed by atoms with Crippen molar-refractivity contribution in [2.75, 3.05) is 7.11 Å². The minimum Gasteiger partial charge on any atom is -0.508 e. The van der Waals surface area contributed by atoms with E-state index in [-0.39, 0.29) is 5.76 Å². The van der Waals surface area contributed by atoms with E-state index in [1.165, 1.54) is 0 Å². The summed E-state index contributed by atoms with van der Waals surface area (Å²) in [5.74, 6) is 0.850. The van der Waals surface area contributed by atoms with Crippen LogP contribution < -0.4 is 4.74 Å². The average Bonchev–Trinajstić information content (AvgIpc) is 2.05. The van der Waals surface area contributed by atoms with E-state index < -0.39 is 0 Å². The highest BCUT2D eigenvalue weighted by molar-refractivity contribution is 5.56. The molecule has 0 aliphatic rings. The first-order chi connectivity index (χ1) is 5.24. The Bertz CT molecular complexity index is 249. The van der Waals surface area contributed by atoms with Crippen molar-refractivity contribution < 1.29 is 9.84 Å². The van der Waals surface area contributed by atoms with Crippen molar-refractivity contribution in [1.29, 1.82) is 0 Å². The minimum atomic E-state index is 0.0765. The average molecular weight is 150 g/mol. The SMILES string of the molecule is C=C(O)c1ccc(OC)cc1. The van der Waals surface area contributed by atoms with Gasteiger partial charge in [0.25, 0.3) is 0 Å². The number of hydrogen-bond donors (Lipinski definition) is 1. The predicted molar refractivity (Wildman–Crippen MR) is 44.7 cm³/mol. The zero-order valence-electron chi connectivity index (χ0n) is 6.37. The molecule has 0 bridgehead atoms. The number of ether oxygens (including phenoxy) is 1. The van der Waals surface area contributed by atoms with Crippen molar-refractivity contribution in [2.24, 2.45) is 0 Å². The summed E-state index contributed by atoms with van der Waals surface area (Å²) >= 11 is 0. The quantitative estimate of drug-likeness (QED) is 0.655. The molecule has 0 aliphatic carbocycles. The molecule has 0 heterocycles. The molecule has 2 nitrogen and oxygen atoms in total. The second kappa shape index (κ2) is 3.10. The van der Waals surface area contributed by atoms with E-state index in [0.717, 1.165) is 5.75 Å². The third-order valence-electron chi connectivity index (χ3n) is 1.42. The van der Waals surface area contributed by atoms with Gasteiger partial charge in [-0.15, -0.1) is 0 Å². The van der Waals surface area contributed by atoms with Crippen molar-refractivity contribution in [2.45, 2.75) is 0 Å². The van der Waals surface area contributed by atoms with Gasteiger partial charge < -0.3 is 9.84 Å². The van der Waals surface area contributed by atoms with Crippen molar-refractivity contribution in [3.8, 4) is 5.75 Å². The first-order valence-electron chi connectivity index (χ1n) is 3.26. The van der Waals surface area contributed by atoms with Gasteiger partial charge in [0.05, 0.1) is 7.11 Å². The van der Waals surface area contributed by atoms with Crippen LogP contribution in [0.4, 0.5) is 0 Å². The molecule has 0 fully saturated rings. The molecule has 58 valence electrons. The third-order valence-corrected chi connectivity index (χ3v) is 1.42. The molecule has 1 N–H and O–H groups in total. The minimum absolute atomic E-state index is 0.0765. The topological polar surface area (TPSA) is 29.5 Å². The Morgan fingerprint density at radius 1 is 1.36 bits per heavy atom. The molecule has 0 aliphatic heterocycles. The molecule has 0 aromatic heterocycles. The number of aliphatic hydroxyl groups excluding tert-OH is 1. The van der Waals surface area contributed by atoms with Crippen LogP contribution in [0.15, 0.2) is 30.8 Å². The molecule has 11 heavy (non-hydrogen) atoms. The maximum absolute atomic E-state index is 8.95. The fraction of sp³-hybridized carbons (Fsp3) is 0.111. The molecule has 0 spiro atoms. The van der Waals surface area contributed by atoms with Crippen molar-refractivity contribution >= 4 is 5.76 Å². The van der Waals surface area contributed by atoms with Crippen molar-refractivity contribution in [3.63, 3.8) is 0 Å². The van der Waals surface area contributed by atoms with E-state index in [9.17, 15) is 0 Å². The summed E-state index contributed by atoms with van der Waals surface area (Å²) in [6, 6.07) is 7.05. The Hall–Kier alpha value is -1.44. The summed E-state index contributed by atoms with van der Waals surface area (Å²) in [7, 11) is 1.60. The van der Waals surface area contributed by atoms with Crippen LogP contribution >= 0.6 is 0 Å². The summed E-state index contributed by atoms with van der Waals surface area (Å²) in [6.07, 6.45) is 0. The van der Waals surface area contributed by atoms with E-state index >= 15 is 0 Å². The summed E-state index contributed by atoms with van der Waals surface area (Å²) in [4.78, 5) is 0. The van der Waals surface area contributed by atoms with Gasteiger partial charge >= 0.3 is 0 Å². The molecule has 0 amide bonds. The normalized spacial score (nSPS) is 9.18. The monoisotopic (exact) mass is 150 g/mol. The third kappa shape index (κ3) is 1.74. The van der Waals surface area contributed by atoms with Gasteiger partial charge in [-0.1, -0.05) is 6.58 Å². The van der Waals surface area contributed by atoms with Crippen LogP contribution in [0, 0.1) is 0 Å². The van der Waals surface area contributed by atoms with Crippen LogP contribution in [0.2, 0.25) is 0 Å². The smallest absolute Gasteiger partial charge is 0.118 e. The molecule has 2 heteroatoms. The van der Waals surface area contributed by atoms with Crippen molar-refractivity contribution in [3.05, 3.63) is 36.4 Å². The molecule has 1 rings (SSSR count). The second-order valence-electron chi connectivity index (χ2n) is 2.18. The highest BCUT2D eigenvalue weighted by Gasteiger charge is 1.94. The molecule has 0 saturated carbocycles. The molecule has 1 aromatic rings. The Morgan fingerprint density at radius 2 is 1.91 bits per heavy atom. The second-order valence-corrected chi connectivity index (χ2v) is 2.18. The Morgan fingerprint density at radius 3 is 2.27 bits per heavy atom. The number of methoxy groups -OCH3 is 1. The van der Waals surface area contributed by atoms with E-state index in [0.29, 0.717) is 5.56 Å². The first-order valence-corrected chi connectivity index (χ1v) is 3.26. The van der Waals surface area contributed by atoms with Crippen LogP contribution in [-0.2, 0) is 0 Å². The van der Waals surface area contributed by atoms with Crippen LogP contribution in [0.3, 0.4) is 0 Å². The molecule has 0 saturated heterocycles.